The van der Waals surface area contributed by atoms with E-state index in [2.05, 4.69) is 13.8 Å². The van der Waals surface area contributed by atoms with E-state index in [9.17, 15) is 9.59 Å². The molecule has 0 radical (unpaired) electrons. The van der Waals surface area contributed by atoms with Gasteiger partial charge in [-0.15, -0.1) is 0 Å². The highest BCUT2D eigenvalue weighted by Gasteiger charge is 2.31. The number of piperidine rings is 1. The summed E-state index contributed by atoms with van der Waals surface area (Å²) in [6.07, 6.45) is 1.76. The van der Waals surface area contributed by atoms with Crippen molar-refractivity contribution in [1.29, 1.82) is 0 Å². The average molecular weight is 226 g/mol. The molecule has 0 aliphatic carbocycles. The maximum absolute atomic E-state index is 11.7. The molecule has 4 nitrogen and oxygen atoms in total. The van der Waals surface area contributed by atoms with E-state index in [0.717, 1.165) is 6.42 Å². The lowest BCUT2D eigenvalue weighted by atomic mass is 9.88. The second kappa shape index (κ2) is 4.95. The Morgan fingerprint density at radius 1 is 1.31 bits per heavy atom. The Morgan fingerprint density at radius 2 is 1.81 bits per heavy atom. The Balaban J connectivity index is 2.54. The first-order chi connectivity index (χ1) is 7.35. The van der Waals surface area contributed by atoms with Crippen molar-refractivity contribution >= 4 is 11.8 Å². The molecule has 1 rings (SSSR count). The number of amides is 2. The van der Waals surface area contributed by atoms with E-state index in [4.69, 9.17) is 5.73 Å². The van der Waals surface area contributed by atoms with Crippen molar-refractivity contribution in [3.63, 3.8) is 0 Å². The molecule has 2 amide bonds. The summed E-state index contributed by atoms with van der Waals surface area (Å²) in [6.45, 7) is 7.12. The molecule has 1 saturated heterocycles. The zero-order valence-electron chi connectivity index (χ0n) is 10.5. The summed E-state index contributed by atoms with van der Waals surface area (Å²) < 4.78 is 0. The number of likely N-dealkylation sites (tertiary alicyclic amines) is 1. The first-order valence-electron chi connectivity index (χ1n) is 5.89. The maximum Gasteiger partial charge on any atom is 0.229 e. The van der Waals surface area contributed by atoms with Gasteiger partial charge in [-0.1, -0.05) is 20.8 Å². The van der Waals surface area contributed by atoms with Crippen molar-refractivity contribution < 1.29 is 9.59 Å². The standard InChI is InChI=1S/C12H22N2O2/c1-9-6-10(15)14(11(16)7-9)5-4-12(2,3)8-13/h9H,4-8,13H2,1-3H3. The van der Waals surface area contributed by atoms with Gasteiger partial charge in [0.25, 0.3) is 0 Å². The zero-order valence-corrected chi connectivity index (χ0v) is 10.5. The van der Waals surface area contributed by atoms with Crippen molar-refractivity contribution in [2.75, 3.05) is 13.1 Å². The fourth-order valence-electron chi connectivity index (χ4n) is 1.79. The molecule has 2 N–H and O–H groups in total. The van der Waals surface area contributed by atoms with Crippen LogP contribution in [0.5, 0.6) is 0 Å². The first-order valence-corrected chi connectivity index (χ1v) is 5.89. The predicted octanol–water partition coefficient (Wildman–Crippen LogP) is 1.15. The Morgan fingerprint density at radius 3 is 2.25 bits per heavy atom. The van der Waals surface area contributed by atoms with E-state index in [1.54, 1.807) is 0 Å². The number of carbonyl (C=O) groups is 2. The van der Waals surface area contributed by atoms with Crippen LogP contribution in [-0.2, 0) is 9.59 Å². The topological polar surface area (TPSA) is 63.4 Å². The summed E-state index contributed by atoms with van der Waals surface area (Å²) in [6, 6.07) is 0. The molecule has 0 atom stereocenters. The van der Waals surface area contributed by atoms with Crippen LogP contribution in [0.2, 0.25) is 0 Å². The third-order valence-electron chi connectivity index (χ3n) is 3.21. The van der Waals surface area contributed by atoms with Crippen LogP contribution >= 0.6 is 0 Å². The van der Waals surface area contributed by atoms with Crippen molar-refractivity contribution in [1.82, 2.24) is 4.90 Å². The molecule has 0 bridgehead atoms. The zero-order chi connectivity index (χ0) is 12.3. The minimum absolute atomic E-state index is 0.0103. The molecule has 1 heterocycles. The van der Waals surface area contributed by atoms with Gasteiger partial charge in [-0.2, -0.15) is 0 Å². The van der Waals surface area contributed by atoms with Crippen LogP contribution in [-0.4, -0.2) is 29.8 Å². The van der Waals surface area contributed by atoms with Crippen molar-refractivity contribution in [3.8, 4) is 0 Å². The molecule has 0 aromatic carbocycles. The fraction of sp³-hybridized carbons (Fsp3) is 0.833. The molecule has 4 heteroatoms. The van der Waals surface area contributed by atoms with Crippen molar-refractivity contribution in [3.05, 3.63) is 0 Å². The van der Waals surface area contributed by atoms with Crippen molar-refractivity contribution in [2.45, 2.75) is 40.0 Å². The second-order valence-electron chi connectivity index (χ2n) is 5.57. The van der Waals surface area contributed by atoms with Gasteiger partial charge in [0.1, 0.15) is 0 Å². The first kappa shape index (κ1) is 13.2. The Bertz CT molecular complexity index is 269. The Labute approximate surface area is 97.2 Å². The number of nitrogens with zero attached hydrogens (tertiary/aromatic N) is 1. The van der Waals surface area contributed by atoms with Crippen LogP contribution in [0.3, 0.4) is 0 Å². The van der Waals surface area contributed by atoms with Gasteiger partial charge in [0.15, 0.2) is 0 Å². The molecule has 0 spiro atoms. The molecular weight excluding hydrogens is 204 g/mol. The number of nitrogens with two attached hydrogens (primary N) is 1. The van der Waals surface area contributed by atoms with Gasteiger partial charge in [0.2, 0.25) is 11.8 Å². The highest BCUT2D eigenvalue weighted by molar-refractivity contribution is 5.97. The van der Waals surface area contributed by atoms with E-state index >= 15 is 0 Å². The molecule has 0 aromatic rings. The van der Waals surface area contributed by atoms with Gasteiger partial charge in [-0.3, -0.25) is 14.5 Å². The minimum Gasteiger partial charge on any atom is -0.330 e. The lowest BCUT2D eigenvalue weighted by molar-refractivity contribution is -0.150. The monoisotopic (exact) mass is 226 g/mol. The van der Waals surface area contributed by atoms with E-state index in [-0.39, 0.29) is 23.1 Å². The normalized spacial score (nSPS) is 19.4. The number of imide groups is 1. The summed E-state index contributed by atoms with van der Waals surface area (Å²) in [7, 11) is 0. The van der Waals surface area contributed by atoms with Gasteiger partial charge < -0.3 is 5.73 Å². The smallest absolute Gasteiger partial charge is 0.229 e. The number of carbonyl (C=O) groups excluding carboxylic acids is 2. The van der Waals surface area contributed by atoms with Crippen LogP contribution in [0, 0.1) is 11.3 Å². The van der Waals surface area contributed by atoms with Crippen LogP contribution in [0.1, 0.15) is 40.0 Å². The van der Waals surface area contributed by atoms with Gasteiger partial charge >= 0.3 is 0 Å². The summed E-state index contributed by atoms with van der Waals surface area (Å²) in [5, 5.41) is 0. The summed E-state index contributed by atoms with van der Waals surface area (Å²) in [5.74, 6) is 0.131. The lowest BCUT2D eigenvalue weighted by Crippen LogP contribution is -2.44. The van der Waals surface area contributed by atoms with Crippen LogP contribution in [0.25, 0.3) is 0 Å². The molecular formula is C12H22N2O2. The highest BCUT2D eigenvalue weighted by atomic mass is 16.2. The fourth-order valence-corrected chi connectivity index (χ4v) is 1.79. The van der Waals surface area contributed by atoms with E-state index in [0.29, 0.717) is 25.9 Å². The Kier molecular flexibility index (Phi) is 4.08. The van der Waals surface area contributed by atoms with E-state index in [1.165, 1.54) is 4.90 Å². The largest absolute Gasteiger partial charge is 0.330 e. The third kappa shape index (κ3) is 3.30. The highest BCUT2D eigenvalue weighted by Crippen LogP contribution is 2.23. The number of hydrogen-bond acceptors (Lipinski definition) is 3. The molecule has 0 unspecified atom stereocenters. The molecule has 0 aromatic heterocycles. The summed E-state index contributed by atoms with van der Waals surface area (Å²) >= 11 is 0. The van der Waals surface area contributed by atoms with Gasteiger partial charge in [-0.25, -0.2) is 0 Å². The SMILES string of the molecule is CC1CC(=O)N(CCC(C)(C)CN)C(=O)C1. The second-order valence-corrected chi connectivity index (χ2v) is 5.57. The third-order valence-corrected chi connectivity index (χ3v) is 3.21. The summed E-state index contributed by atoms with van der Waals surface area (Å²) in [5.41, 5.74) is 5.61. The van der Waals surface area contributed by atoms with Crippen LogP contribution < -0.4 is 5.73 Å². The predicted molar refractivity (Wildman–Crippen MR) is 62.6 cm³/mol. The van der Waals surface area contributed by atoms with Crippen LogP contribution in [0.15, 0.2) is 0 Å². The minimum atomic E-state index is -0.0310. The number of rotatable bonds is 4. The molecule has 1 fully saturated rings. The molecule has 1 aliphatic rings. The molecule has 0 saturated carbocycles. The quantitative estimate of drug-likeness (QED) is 0.731. The lowest BCUT2D eigenvalue weighted by Gasteiger charge is -2.31. The average Bonchev–Trinajstić information content (AvgIpc) is 2.16. The van der Waals surface area contributed by atoms with Crippen molar-refractivity contribution in [2.24, 2.45) is 17.1 Å². The maximum atomic E-state index is 11.7. The van der Waals surface area contributed by atoms with E-state index < -0.39 is 0 Å². The summed E-state index contributed by atoms with van der Waals surface area (Å²) in [4.78, 5) is 24.8. The molecule has 92 valence electrons. The molecule has 16 heavy (non-hydrogen) atoms. The van der Waals surface area contributed by atoms with Crippen LogP contribution in [0.4, 0.5) is 0 Å². The van der Waals surface area contributed by atoms with Gasteiger partial charge in [0.05, 0.1) is 0 Å². The number of hydrogen-bond donors (Lipinski definition) is 1. The van der Waals surface area contributed by atoms with Gasteiger partial charge in [-0.05, 0) is 24.3 Å². The van der Waals surface area contributed by atoms with E-state index in [1.807, 2.05) is 6.92 Å². The Hall–Kier alpha value is -0.900. The molecule has 1 aliphatic heterocycles. The van der Waals surface area contributed by atoms with Gasteiger partial charge in [0, 0.05) is 19.4 Å².